The Morgan fingerprint density at radius 3 is 2.59 bits per heavy atom. The minimum absolute atomic E-state index is 0.244. The molecule has 0 radical (unpaired) electrons. The minimum Gasteiger partial charge on any atom is -0.338 e. The number of hydrogen-bond acceptors (Lipinski definition) is 9. The number of anilines is 3. The van der Waals surface area contributed by atoms with E-state index in [0.717, 1.165) is 48.1 Å². The van der Waals surface area contributed by atoms with E-state index in [2.05, 4.69) is 37.3 Å². The first kappa shape index (κ1) is 22.8. The molecule has 1 saturated carbocycles. The molecule has 0 spiro atoms. The SMILES string of the molecule is CCC(=O)Cc1ccc(Sc2nc(Nc3cc(C4CC4)[nH]n3)nc(N3CCN(C)CC3)n2)cc1. The Hall–Kier alpha value is -2.98. The predicted octanol–water partition coefficient (Wildman–Crippen LogP) is 3.64. The highest BCUT2D eigenvalue weighted by Crippen LogP contribution is 2.39. The third-order valence-electron chi connectivity index (χ3n) is 6.17. The zero-order valence-electron chi connectivity index (χ0n) is 19.6. The molecule has 3 aromatic rings. The number of piperazine rings is 1. The Morgan fingerprint density at radius 2 is 1.88 bits per heavy atom. The highest BCUT2D eigenvalue weighted by Gasteiger charge is 2.26. The van der Waals surface area contributed by atoms with E-state index in [1.165, 1.54) is 24.6 Å². The number of H-pyrrole nitrogens is 1. The van der Waals surface area contributed by atoms with Crippen LogP contribution in [0.1, 0.15) is 43.4 Å². The first-order valence-corrected chi connectivity index (χ1v) is 12.7. The van der Waals surface area contributed by atoms with E-state index in [1.807, 2.05) is 37.3 Å². The van der Waals surface area contributed by atoms with Crippen molar-refractivity contribution in [3.8, 4) is 0 Å². The monoisotopic (exact) mass is 478 g/mol. The fourth-order valence-corrected chi connectivity index (χ4v) is 4.59. The van der Waals surface area contributed by atoms with Gasteiger partial charge in [-0.25, -0.2) is 0 Å². The quantitative estimate of drug-likeness (QED) is 0.477. The largest absolute Gasteiger partial charge is 0.338 e. The summed E-state index contributed by atoms with van der Waals surface area (Å²) in [6.45, 7) is 5.58. The van der Waals surface area contributed by atoms with Crippen molar-refractivity contribution in [2.24, 2.45) is 0 Å². The molecule has 2 fully saturated rings. The summed E-state index contributed by atoms with van der Waals surface area (Å²) in [6, 6.07) is 10.1. The molecule has 1 aliphatic carbocycles. The topological polar surface area (TPSA) is 103 Å². The minimum atomic E-state index is 0.244. The van der Waals surface area contributed by atoms with Crippen LogP contribution in [0.4, 0.5) is 17.7 Å². The van der Waals surface area contributed by atoms with Gasteiger partial charge in [0.1, 0.15) is 5.78 Å². The van der Waals surface area contributed by atoms with Crippen LogP contribution >= 0.6 is 11.8 Å². The molecule has 2 N–H and O–H groups in total. The van der Waals surface area contributed by atoms with Gasteiger partial charge >= 0.3 is 0 Å². The number of carbonyl (C=O) groups is 1. The number of Topliss-reactive ketones (excluding diaryl/α,β-unsaturated/α-hetero) is 1. The summed E-state index contributed by atoms with van der Waals surface area (Å²) in [7, 11) is 2.13. The Bertz CT molecular complexity index is 1140. The number of carbonyl (C=O) groups excluding carboxylic acids is 1. The number of rotatable bonds is 9. The van der Waals surface area contributed by atoms with Gasteiger partial charge in [-0.2, -0.15) is 20.1 Å². The average Bonchev–Trinajstić information content (AvgIpc) is 3.59. The smallest absolute Gasteiger partial charge is 0.234 e. The lowest BCUT2D eigenvalue weighted by Crippen LogP contribution is -2.45. The average molecular weight is 479 g/mol. The Labute approximate surface area is 203 Å². The summed E-state index contributed by atoms with van der Waals surface area (Å²) in [5.74, 6) is 2.73. The maximum absolute atomic E-state index is 11.7. The van der Waals surface area contributed by atoms with Crippen LogP contribution in [0.2, 0.25) is 0 Å². The molecule has 34 heavy (non-hydrogen) atoms. The highest BCUT2D eigenvalue weighted by atomic mass is 32.2. The van der Waals surface area contributed by atoms with E-state index in [-0.39, 0.29) is 5.78 Å². The van der Waals surface area contributed by atoms with Crippen molar-refractivity contribution in [1.29, 1.82) is 0 Å². The van der Waals surface area contributed by atoms with Crippen LogP contribution < -0.4 is 10.2 Å². The van der Waals surface area contributed by atoms with Gasteiger partial charge in [0.2, 0.25) is 11.9 Å². The maximum atomic E-state index is 11.7. The third kappa shape index (κ3) is 5.74. The second-order valence-electron chi connectivity index (χ2n) is 8.95. The van der Waals surface area contributed by atoms with E-state index in [1.54, 1.807) is 0 Å². The van der Waals surface area contributed by atoms with Gasteiger partial charge in [-0.05, 0) is 49.3 Å². The van der Waals surface area contributed by atoms with Crippen molar-refractivity contribution < 1.29 is 4.79 Å². The molecule has 2 aromatic heterocycles. The van der Waals surface area contributed by atoms with Crippen LogP contribution in [0.25, 0.3) is 0 Å². The number of hydrogen-bond donors (Lipinski definition) is 2. The molecule has 0 unspecified atom stereocenters. The van der Waals surface area contributed by atoms with Crippen LogP contribution in [0.5, 0.6) is 0 Å². The summed E-state index contributed by atoms with van der Waals surface area (Å²) in [5, 5.41) is 11.4. The molecule has 0 atom stereocenters. The molecule has 1 aliphatic heterocycles. The Kier molecular flexibility index (Phi) is 6.77. The molecule has 3 heterocycles. The van der Waals surface area contributed by atoms with Crippen molar-refractivity contribution in [2.45, 2.75) is 48.6 Å². The Morgan fingerprint density at radius 1 is 1.12 bits per heavy atom. The summed E-state index contributed by atoms with van der Waals surface area (Å²) >= 11 is 1.49. The normalized spacial score (nSPS) is 16.6. The van der Waals surface area contributed by atoms with Crippen LogP contribution in [-0.4, -0.2) is 69.1 Å². The zero-order chi connectivity index (χ0) is 23.5. The van der Waals surface area contributed by atoms with Crippen LogP contribution in [0, 0.1) is 0 Å². The van der Waals surface area contributed by atoms with E-state index in [4.69, 9.17) is 9.97 Å². The summed E-state index contributed by atoms with van der Waals surface area (Å²) < 4.78 is 0. The van der Waals surface area contributed by atoms with Crippen molar-refractivity contribution in [1.82, 2.24) is 30.0 Å². The standard InChI is InChI=1S/C24H30N8OS/c1-3-18(33)14-16-4-8-19(9-5-16)34-24-27-22(25-21-15-20(29-30-21)17-6-7-17)26-23(28-24)32-12-10-31(2)11-13-32/h4-5,8-9,15,17H,3,6-7,10-14H2,1-2H3,(H2,25,26,27,28,29,30). The highest BCUT2D eigenvalue weighted by molar-refractivity contribution is 7.99. The number of likely N-dealkylation sites (N-methyl/N-ethyl adjacent to an activating group) is 1. The van der Waals surface area contributed by atoms with E-state index >= 15 is 0 Å². The first-order chi connectivity index (χ1) is 16.6. The number of aromatic amines is 1. The summed E-state index contributed by atoms with van der Waals surface area (Å²) in [5.41, 5.74) is 2.18. The lowest BCUT2D eigenvalue weighted by molar-refractivity contribution is -0.118. The van der Waals surface area contributed by atoms with Crippen LogP contribution in [-0.2, 0) is 11.2 Å². The van der Waals surface area contributed by atoms with Gasteiger partial charge in [0, 0.05) is 61.6 Å². The second-order valence-corrected chi connectivity index (χ2v) is 10.00. The zero-order valence-corrected chi connectivity index (χ0v) is 20.4. The lowest BCUT2D eigenvalue weighted by atomic mass is 10.1. The second kappa shape index (κ2) is 10.1. The van der Waals surface area contributed by atoms with Crippen molar-refractivity contribution in [3.05, 3.63) is 41.6 Å². The van der Waals surface area contributed by atoms with Gasteiger partial charge in [-0.15, -0.1) is 0 Å². The van der Waals surface area contributed by atoms with E-state index < -0.39 is 0 Å². The molecule has 1 aromatic carbocycles. The molecular formula is C24H30N8OS. The van der Waals surface area contributed by atoms with Crippen LogP contribution in [0.15, 0.2) is 40.4 Å². The van der Waals surface area contributed by atoms with Gasteiger partial charge in [-0.1, -0.05) is 19.1 Å². The number of ketones is 1. The number of nitrogens with zero attached hydrogens (tertiary/aromatic N) is 6. The van der Waals surface area contributed by atoms with Crippen LogP contribution in [0.3, 0.4) is 0 Å². The fourth-order valence-electron chi connectivity index (χ4n) is 3.85. The van der Waals surface area contributed by atoms with Crippen molar-refractivity contribution in [2.75, 3.05) is 43.4 Å². The van der Waals surface area contributed by atoms with Gasteiger partial charge < -0.3 is 15.1 Å². The van der Waals surface area contributed by atoms with Gasteiger partial charge in [-0.3, -0.25) is 9.89 Å². The molecule has 10 heteroatoms. The molecular weight excluding hydrogens is 448 g/mol. The lowest BCUT2D eigenvalue weighted by Gasteiger charge is -2.32. The number of benzene rings is 1. The first-order valence-electron chi connectivity index (χ1n) is 11.9. The Balaban J connectivity index is 1.36. The summed E-state index contributed by atoms with van der Waals surface area (Å²) in [4.78, 5) is 31.4. The number of nitrogens with one attached hydrogen (secondary N) is 2. The van der Waals surface area contributed by atoms with Gasteiger partial charge in [0.05, 0.1) is 0 Å². The van der Waals surface area contributed by atoms with E-state index in [9.17, 15) is 4.79 Å². The predicted molar refractivity (Wildman–Crippen MR) is 133 cm³/mol. The fraction of sp³-hybridized carbons (Fsp3) is 0.458. The molecule has 178 valence electrons. The number of aromatic nitrogens is 5. The van der Waals surface area contributed by atoms with Gasteiger partial charge in [0.25, 0.3) is 0 Å². The van der Waals surface area contributed by atoms with Crippen molar-refractivity contribution >= 4 is 35.3 Å². The van der Waals surface area contributed by atoms with Gasteiger partial charge in [0.15, 0.2) is 11.0 Å². The van der Waals surface area contributed by atoms with E-state index in [0.29, 0.717) is 35.8 Å². The summed E-state index contributed by atoms with van der Waals surface area (Å²) in [6.07, 6.45) is 3.46. The maximum Gasteiger partial charge on any atom is 0.234 e. The van der Waals surface area contributed by atoms with Crippen molar-refractivity contribution in [3.63, 3.8) is 0 Å². The molecule has 0 bridgehead atoms. The third-order valence-corrected chi connectivity index (χ3v) is 7.05. The molecule has 9 nitrogen and oxygen atoms in total. The molecule has 1 saturated heterocycles. The molecule has 5 rings (SSSR count). The molecule has 2 aliphatic rings. The molecule has 0 amide bonds.